The van der Waals surface area contributed by atoms with Crippen molar-refractivity contribution < 1.29 is 13.9 Å². The molecule has 0 saturated carbocycles. The highest BCUT2D eigenvalue weighted by Gasteiger charge is 2.35. The summed E-state index contributed by atoms with van der Waals surface area (Å²) in [7, 11) is 3.53. The highest BCUT2D eigenvalue weighted by atomic mass is 19.1. The van der Waals surface area contributed by atoms with Crippen LogP contribution in [-0.4, -0.2) is 69.9 Å². The number of hydrogen-bond donors (Lipinski definition) is 2. The third kappa shape index (κ3) is 5.46. The van der Waals surface area contributed by atoms with Crippen LogP contribution in [0.3, 0.4) is 0 Å². The van der Waals surface area contributed by atoms with E-state index < -0.39 is 0 Å². The SMILES string of the molecule is COCCN1C[C@@H](NC(=O)Nc2c(C)c(-c3cnn(C)c3)nn2-c2ccccc2)[C@H](c2ccc(F)cc2)C1. The molecule has 2 aromatic heterocycles. The van der Waals surface area contributed by atoms with Crippen LogP contribution in [0.5, 0.6) is 0 Å². The normalized spacial score (nSPS) is 17.6. The molecule has 2 aromatic carbocycles. The first-order chi connectivity index (χ1) is 18.4. The molecule has 0 aliphatic carbocycles. The fraction of sp³-hybridized carbons (Fsp3) is 0.321. The third-order valence-electron chi connectivity index (χ3n) is 6.96. The lowest BCUT2D eigenvalue weighted by atomic mass is 9.94. The molecule has 4 aromatic rings. The number of hydrogen-bond acceptors (Lipinski definition) is 5. The summed E-state index contributed by atoms with van der Waals surface area (Å²) >= 11 is 0. The van der Waals surface area contributed by atoms with Gasteiger partial charge in [-0.3, -0.25) is 14.9 Å². The summed E-state index contributed by atoms with van der Waals surface area (Å²) < 4.78 is 22.3. The molecule has 38 heavy (non-hydrogen) atoms. The zero-order valence-corrected chi connectivity index (χ0v) is 21.8. The lowest BCUT2D eigenvalue weighted by Gasteiger charge is -2.21. The first kappa shape index (κ1) is 25.6. The van der Waals surface area contributed by atoms with Gasteiger partial charge in [0.2, 0.25) is 0 Å². The second-order valence-electron chi connectivity index (χ2n) is 9.59. The van der Waals surface area contributed by atoms with E-state index in [9.17, 15) is 9.18 Å². The Labute approximate surface area is 221 Å². The Balaban J connectivity index is 1.41. The van der Waals surface area contributed by atoms with Gasteiger partial charge >= 0.3 is 6.03 Å². The van der Waals surface area contributed by atoms with Gasteiger partial charge in [0.1, 0.15) is 17.3 Å². The van der Waals surface area contributed by atoms with Crippen LogP contribution in [0.15, 0.2) is 67.0 Å². The molecule has 198 valence electrons. The van der Waals surface area contributed by atoms with Gasteiger partial charge in [0.25, 0.3) is 0 Å². The van der Waals surface area contributed by atoms with Crippen molar-refractivity contribution in [3.8, 4) is 16.9 Å². The number of nitrogens with one attached hydrogen (secondary N) is 2. The molecular formula is C28H32FN7O2. The van der Waals surface area contributed by atoms with E-state index in [2.05, 4.69) is 20.6 Å². The molecule has 1 fully saturated rings. The van der Waals surface area contributed by atoms with Crippen LogP contribution in [0.25, 0.3) is 16.9 Å². The Hall–Kier alpha value is -4.02. The first-order valence-electron chi connectivity index (χ1n) is 12.6. The van der Waals surface area contributed by atoms with Crippen molar-refractivity contribution >= 4 is 11.8 Å². The lowest BCUT2D eigenvalue weighted by Crippen LogP contribution is -2.42. The molecule has 3 heterocycles. The molecule has 0 radical (unpaired) electrons. The average Bonchev–Trinajstić information content (AvgIpc) is 3.61. The third-order valence-corrected chi connectivity index (χ3v) is 6.96. The van der Waals surface area contributed by atoms with Gasteiger partial charge in [-0.15, -0.1) is 0 Å². The van der Waals surface area contributed by atoms with Gasteiger partial charge in [0, 0.05) is 57.0 Å². The van der Waals surface area contributed by atoms with E-state index in [0.717, 1.165) is 41.2 Å². The van der Waals surface area contributed by atoms with Crippen LogP contribution < -0.4 is 10.6 Å². The van der Waals surface area contributed by atoms with E-state index in [4.69, 9.17) is 9.84 Å². The second-order valence-corrected chi connectivity index (χ2v) is 9.59. The smallest absolute Gasteiger partial charge is 0.320 e. The molecule has 0 spiro atoms. The molecule has 2 N–H and O–H groups in total. The molecule has 2 atom stereocenters. The van der Waals surface area contributed by atoms with Crippen molar-refractivity contribution in [2.75, 3.05) is 38.7 Å². The minimum absolute atomic E-state index is 0.0179. The summed E-state index contributed by atoms with van der Waals surface area (Å²) in [4.78, 5) is 15.7. The van der Waals surface area contributed by atoms with E-state index in [1.165, 1.54) is 12.1 Å². The van der Waals surface area contributed by atoms with Crippen molar-refractivity contribution in [3.05, 3.63) is 83.9 Å². The number of anilines is 1. The van der Waals surface area contributed by atoms with Crippen LogP contribution in [0.2, 0.25) is 0 Å². The molecule has 0 bridgehead atoms. The predicted octanol–water partition coefficient (Wildman–Crippen LogP) is 3.96. The minimum Gasteiger partial charge on any atom is -0.383 e. The number of aryl methyl sites for hydroxylation is 1. The highest BCUT2D eigenvalue weighted by Crippen LogP contribution is 2.31. The molecule has 1 aliphatic heterocycles. The number of urea groups is 1. The summed E-state index contributed by atoms with van der Waals surface area (Å²) in [6.07, 6.45) is 3.66. The number of aromatic nitrogens is 4. The number of ether oxygens (including phenoxy) is 1. The summed E-state index contributed by atoms with van der Waals surface area (Å²) in [5.74, 6) is 0.323. The lowest BCUT2D eigenvalue weighted by molar-refractivity contribution is 0.159. The molecule has 2 amide bonds. The highest BCUT2D eigenvalue weighted by molar-refractivity contribution is 5.91. The van der Waals surface area contributed by atoms with E-state index in [1.807, 2.05) is 50.5 Å². The van der Waals surface area contributed by atoms with Crippen molar-refractivity contribution in [2.45, 2.75) is 18.9 Å². The number of para-hydroxylation sites is 1. The predicted molar refractivity (Wildman–Crippen MR) is 144 cm³/mol. The summed E-state index contributed by atoms with van der Waals surface area (Å²) in [5, 5.41) is 15.3. The first-order valence-corrected chi connectivity index (χ1v) is 12.6. The Bertz CT molecular complexity index is 1380. The zero-order valence-electron chi connectivity index (χ0n) is 21.8. The number of benzene rings is 2. The van der Waals surface area contributed by atoms with Gasteiger partial charge in [-0.1, -0.05) is 30.3 Å². The molecule has 10 heteroatoms. The molecule has 1 saturated heterocycles. The fourth-order valence-electron chi connectivity index (χ4n) is 5.01. The molecule has 5 rings (SSSR count). The maximum atomic E-state index is 13.6. The van der Waals surface area contributed by atoms with E-state index in [1.54, 1.807) is 34.8 Å². The molecular weight excluding hydrogens is 485 g/mol. The number of amides is 2. The number of nitrogens with zero attached hydrogens (tertiary/aromatic N) is 5. The van der Waals surface area contributed by atoms with E-state index in [-0.39, 0.29) is 23.8 Å². The van der Waals surface area contributed by atoms with Gasteiger partial charge in [0.15, 0.2) is 0 Å². The average molecular weight is 518 g/mol. The standard InChI is InChI=1S/C28H32FN7O2/c1-19-26(21-15-30-34(2)16-21)33-36(23-7-5-4-6-8-23)27(19)32-28(37)31-25-18-35(13-14-38-3)17-24(25)20-9-11-22(29)12-10-20/h4-12,15-16,24-25H,13-14,17-18H2,1-3H3,(H2,31,32,37)/t24-,25+/m0/s1. The number of likely N-dealkylation sites (tertiary alicyclic amines) is 1. The fourth-order valence-corrected chi connectivity index (χ4v) is 5.01. The maximum absolute atomic E-state index is 13.6. The summed E-state index contributed by atoms with van der Waals surface area (Å²) in [6, 6.07) is 15.7. The Morgan fingerprint density at radius 1 is 1.13 bits per heavy atom. The largest absolute Gasteiger partial charge is 0.383 e. The van der Waals surface area contributed by atoms with Crippen molar-refractivity contribution in [1.29, 1.82) is 0 Å². The number of carbonyl (C=O) groups excluding carboxylic acids is 1. The van der Waals surface area contributed by atoms with E-state index >= 15 is 0 Å². The summed E-state index contributed by atoms with van der Waals surface area (Å²) in [5.41, 5.74) is 4.26. The van der Waals surface area contributed by atoms with Crippen LogP contribution in [0.4, 0.5) is 15.0 Å². The number of carbonyl (C=O) groups is 1. The summed E-state index contributed by atoms with van der Waals surface area (Å²) in [6.45, 7) is 4.69. The molecule has 0 unspecified atom stereocenters. The van der Waals surface area contributed by atoms with Crippen molar-refractivity contribution in [3.63, 3.8) is 0 Å². The van der Waals surface area contributed by atoms with Gasteiger partial charge in [-0.05, 0) is 36.8 Å². The van der Waals surface area contributed by atoms with Gasteiger partial charge in [-0.25, -0.2) is 13.9 Å². The van der Waals surface area contributed by atoms with E-state index in [0.29, 0.717) is 19.0 Å². The van der Waals surface area contributed by atoms with Gasteiger partial charge < -0.3 is 10.1 Å². The molecule has 1 aliphatic rings. The maximum Gasteiger partial charge on any atom is 0.320 e. The topological polar surface area (TPSA) is 89.2 Å². The van der Waals surface area contributed by atoms with Crippen molar-refractivity contribution in [1.82, 2.24) is 29.8 Å². The minimum atomic E-state index is -0.325. The zero-order chi connectivity index (χ0) is 26.6. The Morgan fingerprint density at radius 3 is 2.58 bits per heavy atom. The number of methoxy groups -OCH3 is 1. The van der Waals surface area contributed by atoms with Crippen LogP contribution in [0, 0.1) is 12.7 Å². The number of rotatable bonds is 8. The van der Waals surface area contributed by atoms with Gasteiger partial charge in [-0.2, -0.15) is 10.2 Å². The second kappa shape index (κ2) is 11.2. The molecule has 9 nitrogen and oxygen atoms in total. The van der Waals surface area contributed by atoms with Crippen LogP contribution in [0.1, 0.15) is 17.0 Å². The van der Waals surface area contributed by atoms with Crippen molar-refractivity contribution in [2.24, 2.45) is 7.05 Å². The van der Waals surface area contributed by atoms with Crippen LogP contribution >= 0.6 is 0 Å². The number of halogens is 1. The quantitative estimate of drug-likeness (QED) is 0.369. The van der Waals surface area contributed by atoms with Crippen LogP contribution in [-0.2, 0) is 11.8 Å². The Kier molecular flexibility index (Phi) is 7.52. The van der Waals surface area contributed by atoms with Gasteiger partial charge in [0.05, 0.1) is 24.5 Å². The Morgan fingerprint density at radius 2 is 1.89 bits per heavy atom. The monoisotopic (exact) mass is 517 g/mol.